The first-order valence-electron chi connectivity index (χ1n) is 6.49. The number of benzene rings is 2. The minimum Gasteiger partial charge on any atom is -0.295 e. The van der Waals surface area contributed by atoms with Crippen molar-refractivity contribution in [3.8, 4) is 0 Å². The largest absolute Gasteiger partial charge is 0.295 e. The van der Waals surface area contributed by atoms with Gasteiger partial charge in [0.2, 0.25) is 0 Å². The summed E-state index contributed by atoms with van der Waals surface area (Å²) in [4.78, 5) is 11.5. The lowest BCUT2D eigenvalue weighted by Crippen LogP contribution is -2.27. The van der Waals surface area contributed by atoms with E-state index in [1.165, 1.54) is 30.4 Å². The van der Waals surface area contributed by atoms with Crippen molar-refractivity contribution in [1.29, 1.82) is 0 Å². The summed E-state index contributed by atoms with van der Waals surface area (Å²) in [5.41, 5.74) is 1.87. The first-order valence-corrected chi connectivity index (χ1v) is 7.93. The Morgan fingerprint density at radius 2 is 1.71 bits per heavy atom. The molecule has 0 bridgehead atoms. The average molecular weight is 303 g/mol. The molecule has 0 radical (unpaired) electrons. The van der Waals surface area contributed by atoms with E-state index in [1.807, 2.05) is 19.1 Å². The highest BCUT2D eigenvalue weighted by Gasteiger charge is 2.22. The Hall–Kier alpha value is -2.14. The van der Waals surface area contributed by atoms with Crippen molar-refractivity contribution in [3.63, 3.8) is 0 Å². The van der Waals surface area contributed by atoms with Crippen molar-refractivity contribution in [2.45, 2.75) is 18.7 Å². The number of hydrogen-bond donors (Lipinski definition) is 0. The van der Waals surface area contributed by atoms with Gasteiger partial charge in [-0.3, -0.25) is 9.10 Å². The Morgan fingerprint density at radius 1 is 1.05 bits per heavy atom. The number of sulfonamides is 1. The number of hydrogen-bond acceptors (Lipinski definition) is 3. The molecule has 2 aromatic carbocycles. The fourth-order valence-corrected chi connectivity index (χ4v) is 3.39. The summed E-state index contributed by atoms with van der Waals surface area (Å²) < 4.78 is 26.6. The number of Topliss-reactive ketones (excluding diaryl/α,β-unsaturated/α-hetero) is 1. The molecule has 0 aliphatic rings. The van der Waals surface area contributed by atoms with Gasteiger partial charge in [0.1, 0.15) is 0 Å². The van der Waals surface area contributed by atoms with E-state index in [2.05, 4.69) is 0 Å². The Balaban J connectivity index is 2.50. The molecule has 0 saturated carbocycles. The quantitative estimate of drug-likeness (QED) is 0.816. The van der Waals surface area contributed by atoms with Gasteiger partial charge in [-0.1, -0.05) is 30.3 Å². The molecule has 4 nitrogen and oxygen atoms in total. The van der Waals surface area contributed by atoms with Crippen molar-refractivity contribution >= 4 is 21.5 Å². The van der Waals surface area contributed by atoms with Crippen LogP contribution in [-0.4, -0.2) is 21.2 Å². The number of carbonyl (C=O) groups is 1. The third-order valence-electron chi connectivity index (χ3n) is 3.35. The zero-order chi connectivity index (χ0) is 15.6. The van der Waals surface area contributed by atoms with Crippen LogP contribution < -0.4 is 4.31 Å². The van der Waals surface area contributed by atoms with Gasteiger partial charge in [-0.2, -0.15) is 0 Å². The van der Waals surface area contributed by atoms with Crippen LogP contribution in [0.5, 0.6) is 0 Å². The smallest absolute Gasteiger partial charge is 0.264 e. The summed E-state index contributed by atoms with van der Waals surface area (Å²) in [6.45, 7) is 3.27. The lowest BCUT2D eigenvalue weighted by molar-refractivity contribution is 0.101. The summed E-state index contributed by atoms with van der Waals surface area (Å²) >= 11 is 0. The second-order valence-corrected chi connectivity index (χ2v) is 6.81. The molecule has 0 aliphatic carbocycles. The molecular weight excluding hydrogens is 286 g/mol. The predicted octanol–water partition coefficient (Wildman–Crippen LogP) is 3.02. The predicted molar refractivity (Wildman–Crippen MR) is 83.2 cm³/mol. The first-order chi connectivity index (χ1) is 9.84. The van der Waals surface area contributed by atoms with Gasteiger partial charge in [0.25, 0.3) is 10.0 Å². The van der Waals surface area contributed by atoms with Crippen LogP contribution in [0.15, 0.2) is 53.4 Å². The molecule has 0 aliphatic heterocycles. The molecule has 0 heterocycles. The van der Waals surface area contributed by atoms with Gasteiger partial charge in [0.15, 0.2) is 5.78 Å². The Bertz CT molecular complexity index is 782. The van der Waals surface area contributed by atoms with Gasteiger partial charge in [-0.05, 0) is 37.6 Å². The molecule has 0 N–H and O–H groups in total. The number of para-hydroxylation sites is 1. The number of carbonyl (C=O) groups excluding carboxylic acids is 1. The maximum absolute atomic E-state index is 12.7. The molecule has 2 aromatic rings. The van der Waals surface area contributed by atoms with Crippen molar-refractivity contribution in [1.82, 2.24) is 0 Å². The minimum atomic E-state index is -3.69. The van der Waals surface area contributed by atoms with Crippen LogP contribution in [0.1, 0.15) is 22.8 Å². The first kappa shape index (κ1) is 15.3. The van der Waals surface area contributed by atoms with E-state index in [4.69, 9.17) is 0 Å². The number of aryl methyl sites for hydroxylation is 1. The highest BCUT2D eigenvalue weighted by atomic mass is 32.2. The van der Waals surface area contributed by atoms with Crippen LogP contribution in [0, 0.1) is 6.92 Å². The van der Waals surface area contributed by atoms with Crippen molar-refractivity contribution in [2.75, 3.05) is 11.4 Å². The lowest BCUT2D eigenvalue weighted by Gasteiger charge is -2.21. The van der Waals surface area contributed by atoms with Gasteiger partial charge in [0.05, 0.1) is 10.6 Å². The van der Waals surface area contributed by atoms with Gasteiger partial charge >= 0.3 is 0 Å². The fourth-order valence-electron chi connectivity index (χ4n) is 2.08. The number of rotatable bonds is 4. The highest BCUT2D eigenvalue weighted by Crippen LogP contribution is 2.25. The van der Waals surface area contributed by atoms with Gasteiger partial charge < -0.3 is 0 Å². The molecule has 0 unspecified atom stereocenters. The Labute approximate surface area is 125 Å². The molecule has 21 heavy (non-hydrogen) atoms. The molecule has 0 atom stereocenters. The molecule has 0 fully saturated rings. The number of anilines is 1. The average Bonchev–Trinajstić information content (AvgIpc) is 2.47. The molecule has 110 valence electrons. The molecular formula is C16H17NO3S. The van der Waals surface area contributed by atoms with E-state index in [0.717, 1.165) is 5.56 Å². The summed E-state index contributed by atoms with van der Waals surface area (Å²) in [7, 11) is -2.18. The maximum Gasteiger partial charge on any atom is 0.264 e. The van der Waals surface area contributed by atoms with E-state index in [9.17, 15) is 13.2 Å². The lowest BCUT2D eigenvalue weighted by atomic mass is 10.2. The van der Waals surface area contributed by atoms with Crippen LogP contribution >= 0.6 is 0 Å². The van der Waals surface area contributed by atoms with E-state index in [-0.39, 0.29) is 10.7 Å². The zero-order valence-corrected chi connectivity index (χ0v) is 13.0. The Kier molecular flexibility index (Phi) is 4.14. The standard InChI is InChI=1S/C16H17NO3S/c1-12-7-4-5-10-16(12)17(3)21(19,20)15-9-6-8-14(11-15)13(2)18/h4-11H,1-3H3. The van der Waals surface area contributed by atoms with Gasteiger partial charge in [-0.25, -0.2) is 8.42 Å². The van der Waals surface area contributed by atoms with Crippen LogP contribution in [-0.2, 0) is 10.0 Å². The SMILES string of the molecule is CC(=O)c1cccc(S(=O)(=O)N(C)c2ccccc2C)c1. The maximum atomic E-state index is 12.7. The summed E-state index contributed by atoms with van der Waals surface area (Å²) in [6, 6.07) is 13.3. The fraction of sp³-hybridized carbons (Fsp3) is 0.188. The number of nitrogens with zero attached hydrogens (tertiary/aromatic N) is 1. The monoisotopic (exact) mass is 303 g/mol. The number of ketones is 1. The Morgan fingerprint density at radius 3 is 2.33 bits per heavy atom. The third-order valence-corrected chi connectivity index (χ3v) is 5.12. The summed E-state index contributed by atoms with van der Waals surface area (Å²) in [5.74, 6) is -0.161. The van der Waals surface area contributed by atoms with Crippen LogP contribution in [0.3, 0.4) is 0 Å². The van der Waals surface area contributed by atoms with Crippen molar-refractivity contribution in [3.05, 3.63) is 59.7 Å². The van der Waals surface area contributed by atoms with E-state index in [1.54, 1.807) is 24.3 Å². The van der Waals surface area contributed by atoms with Crippen LogP contribution in [0.2, 0.25) is 0 Å². The van der Waals surface area contributed by atoms with Crippen LogP contribution in [0.4, 0.5) is 5.69 Å². The molecule has 0 saturated heterocycles. The topological polar surface area (TPSA) is 54.5 Å². The summed E-state index contributed by atoms with van der Waals surface area (Å²) in [5, 5.41) is 0. The molecule has 0 aromatic heterocycles. The molecule has 2 rings (SSSR count). The summed E-state index contributed by atoms with van der Waals surface area (Å²) in [6.07, 6.45) is 0. The van der Waals surface area contributed by atoms with Crippen molar-refractivity contribution < 1.29 is 13.2 Å². The zero-order valence-electron chi connectivity index (χ0n) is 12.2. The minimum absolute atomic E-state index is 0.112. The van der Waals surface area contributed by atoms with Crippen molar-refractivity contribution in [2.24, 2.45) is 0 Å². The van der Waals surface area contributed by atoms with Gasteiger partial charge in [-0.15, -0.1) is 0 Å². The highest BCUT2D eigenvalue weighted by molar-refractivity contribution is 7.92. The normalized spacial score (nSPS) is 11.2. The molecule has 0 amide bonds. The molecule has 0 spiro atoms. The second-order valence-electron chi connectivity index (χ2n) is 4.84. The van der Waals surface area contributed by atoms with E-state index >= 15 is 0 Å². The molecule has 5 heteroatoms. The van der Waals surface area contributed by atoms with E-state index < -0.39 is 10.0 Å². The second kappa shape index (κ2) is 5.69. The van der Waals surface area contributed by atoms with Gasteiger partial charge in [0, 0.05) is 12.6 Å². The van der Waals surface area contributed by atoms with E-state index in [0.29, 0.717) is 11.3 Å². The van der Waals surface area contributed by atoms with Crippen LogP contribution in [0.25, 0.3) is 0 Å². The third kappa shape index (κ3) is 2.97.